The zero-order chi connectivity index (χ0) is 13.8. The van der Waals surface area contributed by atoms with Crippen LogP contribution >= 0.6 is 22.6 Å². The highest BCUT2D eigenvalue weighted by molar-refractivity contribution is 14.1. The van der Waals surface area contributed by atoms with Crippen molar-refractivity contribution in [3.63, 3.8) is 0 Å². The zero-order valence-electron chi connectivity index (χ0n) is 11.2. The second-order valence-electron chi connectivity index (χ2n) is 4.53. The Morgan fingerprint density at radius 2 is 2.26 bits per heavy atom. The maximum Gasteiger partial charge on any atom is 0.110 e. The number of nitrogens with zero attached hydrogens (tertiary/aromatic N) is 2. The summed E-state index contributed by atoms with van der Waals surface area (Å²) in [5.74, 6) is 6.80. The van der Waals surface area contributed by atoms with E-state index in [1.54, 1.807) is 0 Å². The molecule has 102 valence electrons. The van der Waals surface area contributed by atoms with E-state index in [1.165, 1.54) is 14.7 Å². The Morgan fingerprint density at radius 1 is 1.47 bits per heavy atom. The smallest absolute Gasteiger partial charge is 0.110 e. The van der Waals surface area contributed by atoms with Gasteiger partial charge in [0.2, 0.25) is 0 Å². The van der Waals surface area contributed by atoms with Crippen molar-refractivity contribution in [3.8, 4) is 0 Å². The molecule has 1 atom stereocenters. The van der Waals surface area contributed by atoms with Crippen molar-refractivity contribution >= 4 is 22.6 Å². The lowest BCUT2D eigenvalue weighted by Crippen LogP contribution is -2.31. The summed E-state index contributed by atoms with van der Waals surface area (Å²) >= 11 is 2.38. The molecule has 4 nitrogen and oxygen atoms in total. The van der Waals surface area contributed by atoms with Crippen LogP contribution in [0.2, 0.25) is 0 Å². The monoisotopic (exact) mass is 370 g/mol. The average Bonchev–Trinajstić information content (AvgIpc) is 2.87. The first kappa shape index (κ1) is 14.5. The lowest BCUT2D eigenvalue weighted by molar-refractivity contribution is 0.521. The highest BCUT2D eigenvalue weighted by atomic mass is 127. The molecular weight excluding hydrogens is 351 g/mol. The topological polar surface area (TPSA) is 55.9 Å². The van der Waals surface area contributed by atoms with Gasteiger partial charge in [-0.1, -0.05) is 18.2 Å². The molecule has 2 aromatic rings. The number of hydrogen-bond acceptors (Lipinski definition) is 3. The number of aromatic nitrogens is 2. The van der Waals surface area contributed by atoms with Crippen LogP contribution in [0.4, 0.5) is 0 Å². The molecule has 1 heterocycles. The molecule has 1 aromatic carbocycles. The van der Waals surface area contributed by atoms with E-state index in [0.717, 1.165) is 18.8 Å². The molecule has 0 aliphatic rings. The summed E-state index contributed by atoms with van der Waals surface area (Å²) in [6, 6.07) is 6.40. The van der Waals surface area contributed by atoms with Crippen molar-refractivity contribution in [1.29, 1.82) is 0 Å². The molecule has 0 aliphatic carbocycles. The van der Waals surface area contributed by atoms with Gasteiger partial charge in [0, 0.05) is 28.9 Å². The number of rotatable bonds is 5. The van der Waals surface area contributed by atoms with Gasteiger partial charge in [-0.25, -0.2) is 4.98 Å². The van der Waals surface area contributed by atoms with Crippen LogP contribution < -0.4 is 11.3 Å². The van der Waals surface area contributed by atoms with E-state index in [9.17, 15) is 0 Å². The van der Waals surface area contributed by atoms with Gasteiger partial charge in [-0.2, -0.15) is 0 Å². The molecule has 0 amide bonds. The number of hydrogen-bond donors (Lipinski definition) is 2. The van der Waals surface area contributed by atoms with Crippen LogP contribution in [0.5, 0.6) is 0 Å². The average molecular weight is 370 g/mol. The summed E-state index contributed by atoms with van der Waals surface area (Å²) in [5, 5.41) is 0. The molecule has 0 fully saturated rings. The number of nitrogens with one attached hydrogen (secondary N) is 1. The summed E-state index contributed by atoms with van der Waals surface area (Å²) in [6.45, 7) is 5.16. The molecular formula is C14H19IN4. The van der Waals surface area contributed by atoms with Crippen molar-refractivity contribution in [2.45, 2.75) is 32.9 Å². The number of aryl methyl sites for hydroxylation is 2. The maximum absolute atomic E-state index is 5.74. The molecule has 0 radical (unpaired) electrons. The largest absolute Gasteiger partial charge is 0.335 e. The molecule has 5 heteroatoms. The van der Waals surface area contributed by atoms with Crippen LogP contribution in [-0.4, -0.2) is 9.55 Å². The second-order valence-corrected chi connectivity index (χ2v) is 5.61. The molecule has 1 unspecified atom stereocenters. The zero-order valence-corrected chi connectivity index (χ0v) is 13.4. The molecule has 0 spiro atoms. The van der Waals surface area contributed by atoms with Gasteiger partial charge in [0.15, 0.2) is 0 Å². The molecule has 0 aliphatic heterocycles. The van der Waals surface area contributed by atoms with Crippen molar-refractivity contribution in [3.05, 3.63) is 51.1 Å². The quantitative estimate of drug-likeness (QED) is 0.483. The van der Waals surface area contributed by atoms with Gasteiger partial charge in [0.25, 0.3) is 0 Å². The van der Waals surface area contributed by atoms with E-state index < -0.39 is 0 Å². The molecule has 3 N–H and O–H groups in total. The van der Waals surface area contributed by atoms with Crippen LogP contribution in [0, 0.1) is 10.5 Å². The van der Waals surface area contributed by atoms with Gasteiger partial charge in [-0.3, -0.25) is 11.3 Å². The maximum atomic E-state index is 5.74. The summed E-state index contributed by atoms with van der Waals surface area (Å²) < 4.78 is 3.41. The van der Waals surface area contributed by atoms with Gasteiger partial charge in [0.05, 0.1) is 6.04 Å². The summed E-state index contributed by atoms with van der Waals surface area (Å²) in [4.78, 5) is 4.42. The molecule has 0 bridgehead atoms. The van der Waals surface area contributed by atoms with Crippen LogP contribution in [0.1, 0.15) is 29.9 Å². The molecule has 2 rings (SSSR count). The van der Waals surface area contributed by atoms with Crippen molar-refractivity contribution in [1.82, 2.24) is 15.0 Å². The highest BCUT2D eigenvalue weighted by Crippen LogP contribution is 2.25. The molecule has 0 saturated heterocycles. The molecule has 19 heavy (non-hydrogen) atoms. The third-order valence-corrected chi connectivity index (χ3v) is 4.80. The minimum Gasteiger partial charge on any atom is -0.335 e. The number of imidazole rings is 1. The van der Waals surface area contributed by atoms with E-state index in [1.807, 2.05) is 12.4 Å². The van der Waals surface area contributed by atoms with Gasteiger partial charge >= 0.3 is 0 Å². The Kier molecular flexibility index (Phi) is 4.95. The first-order valence-corrected chi connectivity index (χ1v) is 7.46. The molecule has 0 saturated carbocycles. The van der Waals surface area contributed by atoms with E-state index in [4.69, 9.17) is 5.84 Å². The fourth-order valence-electron chi connectivity index (χ4n) is 2.20. The second kappa shape index (κ2) is 6.49. The predicted octanol–water partition coefficient (Wildman–Crippen LogP) is 2.56. The molecule has 1 aromatic heterocycles. The minimum atomic E-state index is 0.0829. The van der Waals surface area contributed by atoms with E-state index >= 15 is 0 Å². The number of benzene rings is 1. The van der Waals surface area contributed by atoms with Gasteiger partial charge in [-0.15, -0.1) is 0 Å². The van der Waals surface area contributed by atoms with Gasteiger partial charge < -0.3 is 4.57 Å². The summed E-state index contributed by atoms with van der Waals surface area (Å²) in [6.07, 6.45) is 4.63. The van der Waals surface area contributed by atoms with Crippen molar-refractivity contribution < 1.29 is 0 Å². The fourth-order valence-corrected chi connectivity index (χ4v) is 2.93. The van der Waals surface area contributed by atoms with Crippen LogP contribution in [0.3, 0.4) is 0 Å². The van der Waals surface area contributed by atoms with Crippen molar-refractivity contribution in [2.24, 2.45) is 5.84 Å². The normalized spacial score (nSPS) is 12.6. The third kappa shape index (κ3) is 3.16. The third-order valence-electron chi connectivity index (χ3n) is 3.33. The van der Waals surface area contributed by atoms with E-state index in [2.05, 4.69) is 69.6 Å². The number of hydrazine groups is 1. The Bertz CT molecular complexity index is 550. The Hall–Kier alpha value is -0.920. The highest BCUT2D eigenvalue weighted by Gasteiger charge is 2.16. The fraction of sp³-hybridized carbons (Fsp3) is 0.357. The SMILES string of the molecule is CCn1ccnc1CC(NN)c1cccc(C)c1I. The lowest BCUT2D eigenvalue weighted by atomic mass is 10.0. The van der Waals surface area contributed by atoms with E-state index in [0.29, 0.717) is 0 Å². The standard InChI is InChI=1S/C14H19IN4/c1-3-19-8-7-17-13(19)9-12(18-16)11-6-4-5-10(2)14(11)15/h4-8,12,18H,3,9,16H2,1-2H3. The Labute approximate surface area is 127 Å². The first-order valence-electron chi connectivity index (χ1n) is 6.38. The Morgan fingerprint density at radius 3 is 2.95 bits per heavy atom. The van der Waals surface area contributed by atoms with E-state index in [-0.39, 0.29) is 6.04 Å². The number of halogens is 1. The minimum absolute atomic E-state index is 0.0829. The van der Waals surface area contributed by atoms with Gasteiger partial charge in [0.1, 0.15) is 5.82 Å². The van der Waals surface area contributed by atoms with Crippen LogP contribution in [-0.2, 0) is 13.0 Å². The van der Waals surface area contributed by atoms with Crippen LogP contribution in [0.25, 0.3) is 0 Å². The van der Waals surface area contributed by atoms with Gasteiger partial charge in [-0.05, 0) is 47.6 Å². The Balaban J connectivity index is 2.28. The lowest BCUT2D eigenvalue weighted by Gasteiger charge is -2.19. The number of nitrogens with two attached hydrogens (primary N) is 1. The predicted molar refractivity (Wildman–Crippen MR) is 85.6 cm³/mol. The van der Waals surface area contributed by atoms with Crippen molar-refractivity contribution in [2.75, 3.05) is 0 Å². The van der Waals surface area contributed by atoms with Crippen LogP contribution in [0.15, 0.2) is 30.6 Å². The first-order chi connectivity index (χ1) is 9.17. The summed E-state index contributed by atoms with van der Waals surface area (Å²) in [7, 11) is 0. The summed E-state index contributed by atoms with van der Waals surface area (Å²) in [5.41, 5.74) is 5.42.